The van der Waals surface area contributed by atoms with Crippen LogP contribution in [0.25, 0.3) is 33.1 Å². The van der Waals surface area contributed by atoms with Gasteiger partial charge in [0.2, 0.25) is 0 Å². The van der Waals surface area contributed by atoms with Crippen LogP contribution in [0.1, 0.15) is 105 Å². The molecule has 2 aliphatic rings. The van der Waals surface area contributed by atoms with E-state index in [4.69, 9.17) is 4.42 Å². The zero-order valence-electron chi connectivity index (χ0n) is 45.8. The molecule has 0 saturated heterocycles. The number of para-hydroxylation sites is 3. The fourth-order valence-corrected chi connectivity index (χ4v) is 11.7. The van der Waals surface area contributed by atoms with Gasteiger partial charge in [0.15, 0.2) is 5.58 Å². The molecule has 12 rings (SSSR count). The maximum absolute atomic E-state index is 7.26. The van der Waals surface area contributed by atoms with Crippen LogP contribution in [0.15, 0.2) is 199 Å². The second-order valence-corrected chi connectivity index (χ2v) is 25.1. The Morgan fingerprint density at radius 3 is 1.29 bits per heavy atom. The predicted molar refractivity (Wildman–Crippen MR) is 323 cm³/mol. The molecular formula is C70H68BN3O. The Labute approximate surface area is 445 Å². The number of furan rings is 1. The minimum absolute atomic E-state index is 0.00263. The molecule has 0 unspecified atom stereocenters. The van der Waals surface area contributed by atoms with Gasteiger partial charge >= 0.3 is 0 Å². The van der Waals surface area contributed by atoms with Gasteiger partial charge in [-0.05, 0) is 133 Å². The Balaban J connectivity index is 1.20. The van der Waals surface area contributed by atoms with Crippen molar-refractivity contribution in [2.24, 2.45) is 0 Å². The molecule has 4 nitrogen and oxygen atoms in total. The van der Waals surface area contributed by atoms with E-state index >= 15 is 0 Å². The lowest BCUT2D eigenvalue weighted by Gasteiger charge is -2.45. The van der Waals surface area contributed by atoms with Crippen molar-refractivity contribution in [3.8, 4) is 11.1 Å². The summed E-state index contributed by atoms with van der Waals surface area (Å²) in [5, 5.41) is 2.17. The summed E-state index contributed by atoms with van der Waals surface area (Å²) >= 11 is 0. The van der Waals surface area contributed by atoms with E-state index in [2.05, 4.69) is 292 Å². The van der Waals surface area contributed by atoms with E-state index in [1.807, 2.05) is 0 Å². The second-order valence-electron chi connectivity index (χ2n) is 25.1. The summed E-state index contributed by atoms with van der Waals surface area (Å²) in [6.07, 6.45) is 0. The lowest BCUT2D eigenvalue weighted by Crippen LogP contribution is -2.61. The molecule has 372 valence electrons. The molecule has 10 aromatic rings. The van der Waals surface area contributed by atoms with Gasteiger partial charge in [-0.1, -0.05) is 210 Å². The minimum atomic E-state index is -0.0670. The first-order valence-electron chi connectivity index (χ1n) is 26.9. The van der Waals surface area contributed by atoms with Crippen LogP contribution in [0.4, 0.5) is 51.2 Å². The molecule has 0 amide bonds. The first-order valence-corrected chi connectivity index (χ1v) is 26.9. The highest BCUT2D eigenvalue weighted by molar-refractivity contribution is 7.00. The molecule has 0 bridgehead atoms. The van der Waals surface area contributed by atoms with Crippen LogP contribution < -0.4 is 31.1 Å². The Morgan fingerprint density at radius 2 is 0.813 bits per heavy atom. The molecule has 75 heavy (non-hydrogen) atoms. The molecule has 3 heterocycles. The standard InChI is InChI=1S/C70H68BN3O/c1-67(2,3)46-29-35-51(36-30-46)73-59-39-33-48(69(7,8)9)41-57(59)71-58-42-49(70(10,11)12)34-40-60(58)74(52-37-31-47(32-38-52)68(4,5)6)63-44-53(43-62(73)64(63)71)72(50-23-17-14-18-24-50)61-28-20-27-56-55-26-19-25-54(65(55)75-66(56)61)45-21-15-13-16-22-45/h13-44H,1-12H3. The molecule has 0 fully saturated rings. The van der Waals surface area contributed by atoms with Gasteiger partial charge in [-0.15, -0.1) is 0 Å². The molecule has 0 atom stereocenters. The van der Waals surface area contributed by atoms with Crippen LogP contribution in [-0.2, 0) is 21.7 Å². The Morgan fingerprint density at radius 1 is 0.373 bits per heavy atom. The number of fused-ring (bicyclic) bond motifs is 7. The third-order valence-electron chi connectivity index (χ3n) is 15.9. The maximum Gasteiger partial charge on any atom is 0.252 e. The zero-order chi connectivity index (χ0) is 52.3. The van der Waals surface area contributed by atoms with Gasteiger partial charge in [-0.3, -0.25) is 0 Å². The van der Waals surface area contributed by atoms with Crippen LogP contribution in [0.3, 0.4) is 0 Å². The van der Waals surface area contributed by atoms with Crippen molar-refractivity contribution in [3.05, 3.63) is 216 Å². The number of nitrogens with zero attached hydrogens (tertiary/aromatic N) is 3. The molecule has 0 aliphatic carbocycles. The summed E-state index contributed by atoms with van der Waals surface area (Å²) < 4.78 is 7.26. The topological polar surface area (TPSA) is 22.9 Å². The van der Waals surface area contributed by atoms with E-state index in [1.54, 1.807) is 0 Å². The monoisotopic (exact) mass is 978 g/mol. The van der Waals surface area contributed by atoms with Crippen molar-refractivity contribution in [1.82, 2.24) is 0 Å². The van der Waals surface area contributed by atoms with Crippen molar-refractivity contribution in [2.45, 2.75) is 105 Å². The molecule has 0 N–H and O–H groups in total. The minimum Gasteiger partial charge on any atom is -0.453 e. The zero-order valence-corrected chi connectivity index (χ0v) is 45.8. The van der Waals surface area contributed by atoms with Crippen molar-refractivity contribution < 1.29 is 4.42 Å². The van der Waals surface area contributed by atoms with Crippen molar-refractivity contribution in [2.75, 3.05) is 14.7 Å². The maximum atomic E-state index is 7.26. The number of hydrogen-bond acceptors (Lipinski definition) is 4. The van der Waals surface area contributed by atoms with E-state index < -0.39 is 0 Å². The van der Waals surface area contributed by atoms with Crippen LogP contribution >= 0.6 is 0 Å². The lowest BCUT2D eigenvalue weighted by atomic mass is 9.33. The fraction of sp³-hybridized carbons (Fsp3) is 0.229. The van der Waals surface area contributed by atoms with Gasteiger partial charge in [-0.2, -0.15) is 0 Å². The Bertz CT molecular complexity index is 3660. The molecule has 9 aromatic carbocycles. The molecule has 5 heteroatoms. The van der Waals surface area contributed by atoms with E-state index in [0.717, 1.165) is 72.9 Å². The van der Waals surface area contributed by atoms with Crippen LogP contribution in [0, 0.1) is 0 Å². The highest BCUT2D eigenvalue weighted by Gasteiger charge is 2.45. The first-order chi connectivity index (χ1) is 35.7. The number of benzene rings is 9. The van der Waals surface area contributed by atoms with E-state index in [-0.39, 0.29) is 28.4 Å². The van der Waals surface area contributed by atoms with Crippen molar-refractivity contribution in [1.29, 1.82) is 0 Å². The Kier molecular flexibility index (Phi) is 11.2. The molecule has 0 spiro atoms. The molecule has 0 radical (unpaired) electrons. The SMILES string of the molecule is CC(C)(C)c1ccc(N2c3ccc(C(C)(C)C)cc3B3c4cc(C(C)(C)C)ccc4N(c4ccc(C(C)(C)C)cc4)c4cc(N(c5ccccc5)c5cccc6c5oc5c(-c7ccccc7)cccc56)cc2c43)cc1. The number of hydrogen-bond donors (Lipinski definition) is 0. The molecule has 0 saturated carbocycles. The van der Waals surface area contributed by atoms with E-state index in [0.29, 0.717) is 0 Å². The van der Waals surface area contributed by atoms with E-state index in [9.17, 15) is 0 Å². The van der Waals surface area contributed by atoms with Gasteiger partial charge in [0.25, 0.3) is 6.71 Å². The average molecular weight is 978 g/mol. The summed E-state index contributed by atoms with van der Waals surface area (Å²) in [5.41, 5.74) is 23.0. The quantitative estimate of drug-likeness (QED) is 0.155. The number of anilines is 9. The largest absolute Gasteiger partial charge is 0.453 e. The Hall–Kier alpha value is -7.76. The van der Waals surface area contributed by atoms with Gasteiger partial charge in [0.1, 0.15) is 5.58 Å². The normalized spacial score (nSPS) is 13.5. The molecular weight excluding hydrogens is 910 g/mol. The summed E-state index contributed by atoms with van der Waals surface area (Å²) in [4.78, 5) is 7.55. The second kappa shape index (κ2) is 17.4. The van der Waals surface area contributed by atoms with Crippen molar-refractivity contribution >= 4 is 96.2 Å². The van der Waals surface area contributed by atoms with Gasteiger partial charge in [0.05, 0.1) is 11.4 Å². The third-order valence-corrected chi connectivity index (χ3v) is 15.9. The predicted octanol–water partition coefficient (Wildman–Crippen LogP) is 18.0. The van der Waals surface area contributed by atoms with Crippen LogP contribution in [0.5, 0.6) is 0 Å². The highest BCUT2D eigenvalue weighted by atomic mass is 16.3. The van der Waals surface area contributed by atoms with Gasteiger partial charge in [-0.25, -0.2) is 0 Å². The third kappa shape index (κ3) is 8.23. The number of rotatable bonds is 6. The van der Waals surface area contributed by atoms with E-state index in [1.165, 1.54) is 50.0 Å². The fourth-order valence-electron chi connectivity index (χ4n) is 11.7. The summed E-state index contributed by atoms with van der Waals surface area (Å²) in [5.74, 6) is 0. The first kappa shape index (κ1) is 48.2. The van der Waals surface area contributed by atoms with Crippen molar-refractivity contribution in [3.63, 3.8) is 0 Å². The summed E-state index contributed by atoms with van der Waals surface area (Å²) in [6, 6.07) is 72.8. The lowest BCUT2D eigenvalue weighted by molar-refractivity contribution is 0.590. The summed E-state index contributed by atoms with van der Waals surface area (Å²) in [6.45, 7) is 27.8. The average Bonchev–Trinajstić information content (AvgIpc) is 3.84. The molecule has 1 aromatic heterocycles. The van der Waals surface area contributed by atoms with Crippen LogP contribution in [-0.4, -0.2) is 6.71 Å². The van der Waals surface area contributed by atoms with Gasteiger partial charge < -0.3 is 19.1 Å². The highest BCUT2D eigenvalue weighted by Crippen LogP contribution is 2.51. The summed E-state index contributed by atoms with van der Waals surface area (Å²) in [7, 11) is 0. The van der Waals surface area contributed by atoms with Gasteiger partial charge in [0, 0.05) is 56.1 Å². The smallest absolute Gasteiger partial charge is 0.252 e. The molecule has 2 aliphatic heterocycles. The van der Waals surface area contributed by atoms with Crippen LogP contribution in [0.2, 0.25) is 0 Å².